The zero-order chi connectivity index (χ0) is 13.5. The standard InChI is InChI=1S/C15H19N3O/c1-18(12-13-5-3-2-4-6-13)9-10-19-15-8-7-14(16)11-17-15/h2-8,11H,9-10,12,16H2,1H3. The van der Waals surface area contributed by atoms with Crippen LogP contribution >= 0.6 is 0 Å². The van der Waals surface area contributed by atoms with E-state index in [-0.39, 0.29) is 0 Å². The van der Waals surface area contributed by atoms with Crippen LogP contribution in [-0.2, 0) is 6.54 Å². The number of anilines is 1. The van der Waals surface area contributed by atoms with Crippen molar-refractivity contribution in [3.8, 4) is 5.88 Å². The van der Waals surface area contributed by atoms with Crippen LogP contribution in [0.5, 0.6) is 5.88 Å². The number of aromatic nitrogens is 1. The Labute approximate surface area is 113 Å². The lowest BCUT2D eigenvalue weighted by molar-refractivity contribution is 0.227. The Kier molecular flexibility index (Phi) is 4.75. The summed E-state index contributed by atoms with van der Waals surface area (Å²) >= 11 is 0. The van der Waals surface area contributed by atoms with Gasteiger partial charge in [-0.15, -0.1) is 0 Å². The highest BCUT2D eigenvalue weighted by molar-refractivity contribution is 5.35. The van der Waals surface area contributed by atoms with Crippen LogP contribution in [0.25, 0.3) is 0 Å². The maximum atomic E-state index is 5.56. The van der Waals surface area contributed by atoms with Crippen LogP contribution in [0, 0.1) is 0 Å². The van der Waals surface area contributed by atoms with E-state index in [4.69, 9.17) is 10.5 Å². The van der Waals surface area contributed by atoms with E-state index in [9.17, 15) is 0 Å². The first-order valence-corrected chi connectivity index (χ1v) is 6.31. The molecule has 0 amide bonds. The quantitative estimate of drug-likeness (QED) is 0.861. The van der Waals surface area contributed by atoms with Crippen molar-refractivity contribution in [2.45, 2.75) is 6.54 Å². The molecule has 0 saturated carbocycles. The number of hydrogen-bond donors (Lipinski definition) is 1. The highest BCUT2D eigenvalue weighted by Gasteiger charge is 2.01. The predicted molar refractivity (Wildman–Crippen MR) is 76.9 cm³/mol. The molecular weight excluding hydrogens is 238 g/mol. The fraction of sp³-hybridized carbons (Fsp3) is 0.267. The van der Waals surface area contributed by atoms with Crippen LogP contribution < -0.4 is 10.5 Å². The van der Waals surface area contributed by atoms with Gasteiger partial charge in [0.25, 0.3) is 0 Å². The number of hydrogen-bond acceptors (Lipinski definition) is 4. The molecule has 0 bridgehead atoms. The summed E-state index contributed by atoms with van der Waals surface area (Å²) < 4.78 is 5.56. The third-order valence-corrected chi connectivity index (χ3v) is 2.78. The van der Waals surface area contributed by atoms with Gasteiger partial charge in [-0.1, -0.05) is 30.3 Å². The number of benzene rings is 1. The van der Waals surface area contributed by atoms with Crippen molar-refractivity contribution in [2.75, 3.05) is 25.9 Å². The third kappa shape index (κ3) is 4.60. The molecule has 19 heavy (non-hydrogen) atoms. The van der Waals surface area contributed by atoms with Gasteiger partial charge in [-0.3, -0.25) is 4.90 Å². The topological polar surface area (TPSA) is 51.4 Å². The molecule has 4 nitrogen and oxygen atoms in total. The SMILES string of the molecule is CN(CCOc1ccc(N)cn1)Cc1ccccc1. The van der Waals surface area contributed by atoms with E-state index in [1.807, 2.05) is 6.07 Å². The molecule has 0 atom stereocenters. The molecule has 2 N–H and O–H groups in total. The maximum absolute atomic E-state index is 5.56. The molecule has 1 heterocycles. The van der Waals surface area contributed by atoms with Gasteiger partial charge < -0.3 is 10.5 Å². The Morgan fingerprint density at radius 3 is 2.63 bits per heavy atom. The number of pyridine rings is 1. The van der Waals surface area contributed by atoms with Crippen LogP contribution in [0.1, 0.15) is 5.56 Å². The minimum atomic E-state index is 0.611. The lowest BCUT2D eigenvalue weighted by Crippen LogP contribution is -2.24. The van der Waals surface area contributed by atoms with Gasteiger partial charge in [0.15, 0.2) is 0 Å². The molecule has 0 saturated heterocycles. The summed E-state index contributed by atoms with van der Waals surface area (Å²) in [4.78, 5) is 6.31. The van der Waals surface area contributed by atoms with Crippen LogP contribution in [-0.4, -0.2) is 30.1 Å². The first-order chi connectivity index (χ1) is 9.24. The van der Waals surface area contributed by atoms with Gasteiger partial charge in [-0.05, 0) is 18.7 Å². The summed E-state index contributed by atoms with van der Waals surface area (Å²) in [6.07, 6.45) is 1.60. The van der Waals surface area contributed by atoms with Crippen LogP contribution in [0.4, 0.5) is 5.69 Å². The van der Waals surface area contributed by atoms with E-state index in [0.717, 1.165) is 13.1 Å². The molecule has 0 aliphatic rings. The second kappa shape index (κ2) is 6.75. The third-order valence-electron chi connectivity index (χ3n) is 2.78. The lowest BCUT2D eigenvalue weighted by atomic mass is 10.2. The van der Waals surface area contributed by atoms with E-state index in [1.54, 1.807) is 18.3 Å². The number of likely N-dealkylation sites (N-methyl/N-ethyl adjacent to an activating group) is 1. The summed E-state index contributed by atoms with van der Waals surface area (Å²) in [5.74, 6) is 0.613. The number of nitrogen functional groups attached to an aromatic ring is 1. The first-order valence-electron chi connectivity index (χ1n) is 6.31. The van der Waals surface area contributed by atoms with Gasteiger partial charge in [-0.2, -0.15) is 0 Å². The minimum absolute atomic E-state index is 0.611. The second-order valence-electron chi connectivity index (χ2n) is 4.50. The number of nitrogens with zero attached hydrogens (tertiary/aromatic N) is 2. The van der Waals surface area contributed by atoms with Crippen molar-refractivity contribution >= 4 is 5.69 Å². The van der Waals surface area contributed by atoms with Gasteiger partial charge >= 0.3 is 0 Å². The van der Waals surface area contributed by atoms with Gasteiger partial charge in [-0.25, -0.2) is 4.98 Å². The largest absolute Gasteiger partial charge is 0.476 e. The molecule has 1 aromatic heterocycles. The van der Waals surface area contributed by atoms with Crippen LogP contribution in [0.2, 0.25) is 0 Å². The molecule has 0 aliphatic heterocycles. The summed E-state index contributed by atoms with van der Waals surface area (Å²) in [7, 11) is 2.08. The average Bonchev–Trinajstić information content (AvgIpc) is 2.42. The van der Waals surface area contributed by atoms with Crippen molar-refractivity contribution < 1.29 is 4.74 Å². The molecule has 100 valence electrons. The monoisotopic (exact) mass is 257 g/mol. The van der Waals surface area contributed by atoms with Gasteiger partial charge in [0, 0.05) is 19.2 Å². The van der Waals surface area contributed by atoms with E-state index in [1.165, 1.54) is 5.56 Å². The average molecular weight is 257 g/mol. The number of ether oxygens (including phenoxy) is 1. The Morgan fingerprint density at radius 1 is 1.16 bits per heavy atom. The van der Waals surface area contributed by atoms with Gasteiger partial charge in [0.2, 0.25) is 5.88 Å². The lowest BCUT2D eigenvalue weighted by Gasteiger charge is -2.16. The van der Waals surface area contributed by atoms with Gasteiger partial charge in [0.1, 0.15) is 6.61 Å². The number of rotatable bonds is 6. The summed E-state index contributed by atoms with van der Waals surface area (Å²) in [6, 6.07) is 14.0. The predicted octanol–water partition coefficient (Wildman–Crippen LogP) is 2.17. The van der Waals surface area contributed by atoms with E-state index < -0.39 is 0 Å². The van der Waals surface area contributed by atoms with Crippen molar-refractivity contribution in [2.24, 2.45) is 0 Å². The number of nitrogens with two attached hydrogens (primary N) is 1. The Morgan fingerprint density at radius 2 is 1.95 bits per heavy atom. The molecule has 1 aromatic carbocycles. The summed E-state index contributed by atoms with van der Waals surface area (Å²) in [6.45, 7) is 2.38. The zero-order valence-electron chi connectivity index (χ0n) is 11.1. The Hall–Kier alpha value is -2.07. The van der Waals surface area contributed by atoms with E-state index >= 15 is 0 Å². The minimum Gasteiger partial charge on any atom is -0.476 e. The first kappa shape index (κ1) is 13.4. The van der Waals surface area contributed by atoms with Crippen LogP contribution in [0.15, 0.2) is 48.7 Å². The zero-order valence-corrected chi connectivity index (χ0v) is 11.1. The highest BCUT2D eigenvalue weighted by Crippen LogP contribution is 2.08. The second-order valence-corrected chi connectivity index (χ2v) is 4.50. The van der Waals surface area contributed by atoms with E-state index in [2.05, 4.69) is 41.2 Å². The molecule has 2 rings (SSSR count). The molecule has 4 heteroatoms. The Bertz CT molecular complexity index is 485. The molecule has 0 spiro atoms. The fourth-order valence-corrected chi connectivity index (χ4v) is 1.76. The molecule has 0 radical (unpaired) electrons. The van der Waals surface area contributed by atoms with Crippen molar-refractivity contribution in [3.05, 3.63) is 54.2 Å². The van der Waals surface area contributed by atoms with Crippen molar-refractivity contribution in [1.29, 1.82) is 0 Å². The molecule has 0 aliphatic carbocycles. The van der Waals surface area contributed by atoms with Crippen LogP contribution in [0.3, 0.4) is 0 Å². The highest BCUT2D eigenvalue weighted by atomic mass is 16.5. The van der Waals surface area contributed by atoms with Crippen molar-refractivity contribution in [3.63, 3.8) is 0 Å². The summed E-state index contributed by atoms with van der Waals surface area (Å²) in [5.41, 5.74) is 7.51. The summed E-state index contributed by atoms with van der Waals surface area (Å²) in [5, 5.41) is 0. The maximum Gasteiger partial charge on any atom is 0.213 e. The fourth-order valence-electron chi connectivity index (χ4n) is 1.76. The normalized spacial score (nSPS) is 10.6. The smallest absolute Gasteiger partial charge is 0.213 e. The molecular formula is C15H19N3O. The molecule has 2 aromatic rings. The molecule has 0 unspecified atom stereocenters. The van der Waals surface area contributed by atoms with Gasteiger partial charge in [0.05, 0.1) is 11.9 Å². The molecule has 0 fully saturated rings. The van der Waals surface area contributed by atoms with E-state index in [0.29, 0.717) is 18.2 Å². The van der Waals surface area contributed by atoms with Crippen molar-refractivity contribution in [1.82, 2.24) is 9.88 Å². The Balaban J connectivity index is 1.72.